The predicted molar refractivity (Wildman–Crippen MR) is 106 cm³/mol. The van der Waals surface area contributed by atoms with Gasteiger partial charge in [0.25, 0.3) is 0 Å². The number of nitrogens with one attached hydrogen (secondary N) is 1. The van der Waals surface area contributed by atoms with Gasteiger partial charge in [0, 0.05) is 19.2 Å². The van der Waals surface area contributed by atoms with Gasteiger partial charge in [0.15, 0.2) is 0 Å². The lowest BCUT2D eigenvalue weighted by Gasteiger charge is -2.35. The topological polar surface area (TPSA) is 33.7 Å². The minimum atomic E-state index is 0.728. The van der Waals surface area contributed by atoms with Crippen molar-refractivity contribution in [3.05, 3.63) is 47.0 Å². The lowest BCUT2D eigenvalue weighted by Crippen LogP contribution is -2.36. The molecule has 4 rings (SSSR count). The van der Waals surface area contributed by atoms with Crippen LogP contribution < -0.4 is 15.0 Å². The fourth-order valence-electron chi connectivity index (χ4n) is 4.15. The lowest BCUT2D eigenvalue weighted by atomic mass is 9.89. The maximum Gasteiger partial charge on any atom is 0.143 e. The number of benzene rings is 2. The molecule has 2 aromatic carbocycles. The summed E-state index contributed by atoms with van der Waals surface area (Å²) in [6, 6.07) is 11.2. The molecule has 0 spiro atoms. The quantitative estimate of drug-likeness (QED) is 0.916. The van der Waals surface area contributed by atoms with Crippen LogP contribution in [0.4, 0.5) is 5.69 Å². The van der Waals surface area contributed by atoms with E-state index in [1.165, 1.54) is 33.5 Å². The zero-order valence-corrected chi connectivity index (χ0v) is 15.8. The molecule has 0 fully saturated rings. The van der Waals surface area contributed by atoms with Crippen molar-refractivity contribution in [1.29, 1.82) is 0 Å². The molecule has 0 bridgehead atoms. The Morgan fingerprint density at radius 3 is 2.92 bits per heavy atom. The maximum atomic E-state index is 6.13. The van der Waals surface area contributed by atoms with E-state index >= 15 is 0 Å². The smallest absolute Gasteiger partial charge is 0.143 e. The van der Waals surface area contributed by atoms with Crippen LogP contribution in [0.25, 0.3) is 11.1 Å². The van der Waals surface area contributed by atoms with Gasteiger partial charge >= 0.3 is 0 Å². The van der Waals surface area contributed by atoms with Crippen molar-refractivity contribution in [1.82, 2.24) is 5.32 Å². The highest BCUT2D eigenvalue weighted by Crippen LogP contribution is 2.45. The Labute approximate surface area is 156 Å². The molecule has 26 heavy (non-hydrogen) atoms. The third-order valence-corrected chi connectivity index (χ3v) is 5.39. The van der Waals surface area contributed by atoms with Crippen molar-refractivity contribution in [3.63, 3.8) is 0 Å². The second kappa shape index (κ2) is 7.68. The fourth-order valence-corrected chi connectivity index (χ4v) is 4.15. The van der Waals surface area contributed by atoms with Crippen LogP contribution in [0.5, 0.6) is 5.75 Å². The molecular weight excluding hydrogens is 324 g/mol. The normalized spacial score (nSPS) is 16.5. The number of fused-ring (bicyclic) bond motifs is 2. The Morgan fingerprint density at radius 2 is 2.08 bits per heavy atom. The van der Waals surface area contributed by atoms with Gasteiger partial charge in [-0.1, -0.05) is 29.8 Å². The summed E-state index contributed by atoms with van der Waals surface area (Å²) in [7, 11) is 1.77. The standard InChI is InChI=1S/C22H28N2O2/c1-16-4-3-5-18(14-16)21-19-7-9-23-8-6-17(19)15-20-22(21)24(10-12-25-2)11-13-26-20/h3-5,14-15,23H,6-13H2,1-2H3. The number of hydrogen-bond donors (Lipinski definition) is 1. The summed E-state index contributed by atoms with van der Waals surface area (Å²) in [6.07, 6.45) is 2.12. The molecule has 2 aliphatic rings. The molecule has 2 aliphatic heterocycles. The molecule has 0 unspecified atom stereocenters. The molecular formula is C22H28N2O2. The fraction of sp³-hybridized carbons (Fsp3) is 0.455. The molecule has 0 aromatic heterocycles. The predicted octanol–water partition coefficient (Wildman–Crippen LogP) is 3.20. The molecule has 2 aromatic rings. The van der Waals surface area contributed by atoms with Gasteiger partial charge in [-0.3, -0.25) is 0 Å². The van der Waals surface area contributed by atoms with E-state index in [9.17, 15) is 0 Å². The molecule has 138 valence electrons. The largest absolute Gasteiger partial charge is 0.490 e. The molecule has 0 atom stereocenters. The molecule has 0 saturated heterocycles. The van der Waals surface area contributed by atoms with Gasteiger partial charge in [-0.15, -0.1) is 0 Å². The number of hydrogen-bond acceptors (Lipinski definition) is 4. The number of ether oxygens (including phenoxy) is 2. The minimum Gasteiger partial charge on any atom is -0.490 e. The SMILES string of the molecule is COCCN1CCOc2cc3c(c(-c4cccc(C)c4)c21)CCNCC3. The summed E-state index contributed by atoms with van der Waals surface area (Å²) in [5.41, 5.74) is 8.11. The summed E-state index contributed by atoms with van der Waals surface area (Å²) in [5.74, 6) is 1.03. The first kappa shape index (κ1) is 17.4. The van der Waals surface area contributed by atoms with Crippen LogP contribution >= 0.6 is 0 Å². The van der Waals surface area contributed by atoms with Crippen molar-refractivity contribution in [3.8, 4) is 16.9 Å². The zero-order chi connectivity index (χ0) is 17.9. The molecule has 0 saturated carbocycles. The molecule has 0 radical (unpaired) electrons. The number of nitrogens with zero attached hydrogens (tertiary/aromatic N) is 1. The van der Waals surface area contributed by atoms with Gasteiger partial charge in [0.2, 0.25) is 0 Å². The van der Waals surface area contributed by atoms with Crippen molar-refractivity contribution in [2.75, 3.05) is 51.4 Å². The minimum absolute atomic E-state index is 0.728. The average molecular weight is 352 g/mol. The van der Waals surface area contributed by atoms with Crippen LogP contribution in [0, 0.1) is 6.92 Å². The summed E-state index contributed by atoms with van der Waals surface area (Å²) < 4.78 is 11.5. The summed E-state index contributed by atoms with van der Waals surface area (Å²) in [6.45, 7) is 7.50. The van der Waals surface area contributed by atoms with E-state index in [1.54, 1.807) is 7.11 Å². The van der Waals surface area contributed by atoms with Crippen LogP contribution in [0.15, 0.2) is 30.3 Å². The van der Waals surface area contributed by atoms with Crippen molar-refractivity contribution in [2.24, 2.45) is 0 Å². The van der Waals surface area contributed by atoms with Gasteiger partial charge < -0.3 is 19.7 Å². The van der Waals surface area contributed by atoms with Crippen LogP contribution in [0.1, 0.15) is 16.7 Å². The number of methoxy groups -OCH3 is 1. The Morgan fingerprint density at radius 1 is 1.19 bits per heavy atom. The molecule has 1 N–H and O–H groups in total. The summed E-state index contributed by atoms with van der Waals surface area (Å²) in [4.78, 5) is 2.44. The van der Waals surface area contributed by atoms with E-state index < -0.39 is 0 Å². The van der Waals surface area contributed by atoms with Crippen LogP contribution in [-0.4, -0.2) is 46.5 Å². The maximum absolute atomic E-state index is 6.13. The van der Waals surface area contributed by atoms with Gasteiger partial charge in [-0.2, -0.15) is 0 Å². The molecule has 2 heterocycles. The van der Waals surface area contributed by atoms with E-state index in [-0.39, 0.29) is 0 Å². The second-order valence-corrected chi connectivity index (χ2v) is 7.18. The molecule has 0 aliphatic carbocycles. The third-order valence-electron chi connectivity index (χ3n) is 5.39. The van der Waals surface area contributed by atoms with Gasteiger partial charge in [0.1, 0.15) is 12.4 Å². The van der Waals surface area contributed by atoms with E-state index in [0.29, 0.717) is 0 Å². The summed E-state index contributed by atoms with van der Waals surface area (Å²) in [5, 5.41) is 3.55. The highest BCUT2D eigenvalue weighted by Gasteiger charge is 2.27. The average Bonchev–Trinajstić information content (AvgIpc) is 2.89. The van der Waals surface area contributed by atoms with E-state index in [4.69, 9.17) is 9.47 Å². The Balaban J connectivity index is 1.93. The van der Waals surface area contributed by atoms with Crippen LogP contribution in [0.3, 0.4) is 0 Å². The van der Waals surface area contributed by atoms with E-state index in [2.05, 4.69) is 47.5 Å². The third kappa shape index (κ3) is 3.31. The van der Waals surface area contributed by atoms with Crippen LogP contribution in [0.2, 0.25) is 0 Å². The van der Waals surface area contributed by atoms with E-state index in [0.717, 1.165) is 58.0 Å². The molecule has 4 heteroatoms. The Kier molecular flexibility index (Phi) is 5.14. The monoisotopic (exact) mass is 352 g/mol. The highest BCUT2D eigenvalue weighted by molar-refractivity contribution is 5.87. The lowest BCUT2D eigenvalue weighted by molar-refractivity contribution is 0.201. The zero-order valence-electron chi connectivity index (χ0n) is 15.8. The number of rotatable bonds is 4. The first-order valence-corrected chi connectivity index (χ1v) is 9.61. The van der Waals surface area contributed by atoms with Gasteiger partial charge in [-0.05, 0) is 55.6 Å². The van der Waals surface area contributed by atoms with Gasteiger partial charge in [-0.25, -0.2) is 0 Å². The first-order valence-electron chi connectivity index (χ1n) is 9.61. The Bertz CT molecular complexity index is 788. The van der Waals surface area contributed by atoms with Gasteiger partial charge in [0.05, 0.1) is 18.8 Å². The molecule has 4 nitrogen and oxygen atoms in total. The highest BCUT2D eigenvalue weighted by atomic mass is 16.5. The van der Waals surface area contributed by atoms with Crippen LogP contribution in [-0.2, 0) is 17.6 Å². The summed E-state index contributed by atoms with van der Waals surface area (Å²) >= 11 is 0. The van der Waals surface area contributed by atoms with Crippen molar-refractivity contribution < 1.29 is 9.47 Å². The van der Waals surface area contributed by atoms with E-state index in [1.807, 2.05) is 0 Å². The van der Waals surface area contributed by atoms with Crippen molar-refractivity contribution >= 4 is 5.69 Å². The second-order valence-electron chi connectivity index (χ2n) is 7.18. The van der Waals surface area contributed by atoms with Crippen molar-refractivity contribution in [2.45, 2.75) is 19.8 Å². The number of anilines is 1. The number of aryl methyl sites for hydroxylation is 1. The first-order chi connectivity index (χ1) is 12.8. The Hall–Kier alpha value is -2.04. The molecule has 0 amide bonds.